The number of piperidine rings is 1. The van der Waals surface area contributed by atoms with E-state index >= 15 is 0 Å². The topological polar surface area (TPSA) is 32.3 Å². The molecule has 0 bridgehead atoms. The van der Waals surface area contributed by atoms with Crippen molar-refractivity contribution in [2.24, 2.45) is 5.92 Å². The van der Waals surface area contributed by atoms with Crippen molar-refractivity contribution in [3.63, 3.8) is 0 Å². The van der Waals surface area contributed by atoms with Gasteiger partial charge in [-0.1, -0.05) is 6.07 Å². The average molecular weight is 325 g/mol. The van der Waals surface area contributed by atoms with Crippen molar-refractivity contribution in [3.05, 3.63) is 33.8 Å². The van der Waals surface area contributed by atoms with Crippen LogP contribution < -0.4 is 5.32 Å². The van der Waals surface area contributed by atoms with Gasteiger partial charge in [-0.15, -0.1) is 0 Å². The number of carbonyl (C=O) groups is 1. The monoisotopic (exact) mass is 324 g/mol. The smallest absolute Gasteiger partial charge is 0.252 e. The molecule has 1 amide bonds. The van der Waals surface area contributed by atoms with Gasteiger partial charge in [0.2, 0.25) is 0 Å². The molecule has 1 aliphatic rings. The van der Waals surface area contributed by atoms with Gasteiger partial charge in [0, 0.05) is 17.6 Å². The first kappa shape index (κ1) is 14.5. The standard InChI is InChI=1S/C15H21BrN2O/c1-11-5-6-13(14(16)8-11)15(19)17-9-12-4-3-7-18(2)10-12/h5-6,8,12H,3-4,7,9-10H2,1-2H3,(H,17,19). The van der Waals surface area contributed by atoms with E-state index in [1.165, 1.54) is 19.4 Å². The number of carbonyl (C=O) groups excluding carboxylic acids is 1. The lowest BCUT2D eigenvalue weighted by molar-refractivity contribution is 0.0936. The van der Waals surface area contributed by atoms with Crippen LogP contribution in [-0.2, 0) is 0 Å². The number of nitrogens with zero attached hydrogens (tertiary/aromatic N) is 1. The van der Waals surface area contributed by atoms with E-state index in [4.69, 9.17) is 0 Å². The van der Waals surface area contributed by atoms with E-state index in [1.807, 2.05) is 25.1 Å². The molecule has 0 aliphatic carbocycles. The molecule has 2 rings (SSSR count). The molecule has 0 radical (unpaired) electrons. The highest BCUT2D eigenvalue weighted by Crippen LogP contribution is 2.19. The molecule has 3 nitrogen and oxygen atoms in total. The van der Waals surface area contributed by atoms with Gasteiger partial charge < -0.3 is 10.2 Å². The van der Waals surface area contributed by atoms with Gasteiger partial charge in [-0.25, -0.2) is 0 Å². The van der Waals surface area contributed by atoms with Crippen LogP contribution in [0.5, 0.6) is 0 Å². The molecule has 0 spiro atoms. The Kier molecular flexibility index (Phi) is 4.99. The minimum absolute atomic E-state index is 0.0140. The zero-order valence-corrected chi connectivity index (χ0v) is 13.2. The Labute approximate surface area is 123 Å². The highest BCUT2D eigenvalue weighted by atomic mass is 79.9. The van der Waals surface area contributed by atoms with E-state index in [9.17, 15) is 4.79 Å². The number of halogens is 1. The molecule has 1 heterocycles. The zero-order valence-electron chi connectivity index (χ0n) is 11.6. The third-order valence-corrected chi connectivity index (χ3v) is 4.30. The van der Waals surface area contributed by atoms with Crippen molar-refractivity contribution in [1.29, 1.82) is 0 Å². The first-order valence-electron chi connectivity index (χ1n) is 6.79. The number of benzene rings is 1. The highest BCUT2D eigenvalue weighted by molar-refractivity contribution is 9.10. The fourth-order valence-corrected chi connectivity index (χ4v) is 3.25. The summed E-state index contributed by atoms with van der Waals surface area (Å²) >= 11 is 3.45. The van der Waals surface area contributed by atoms with Crippen LogP contribution in [0.15, 0.2) is 22.7 Å². The number of likely N-dealkylation sites (tertiary alicyclic amines) is 1. The first-order chi connectivity index (χ1) is 9.06. The van der Waals surface area contributed by atoms with Crippen LogP contribution in [0.25, 0.3) is 0 Å². The summed E-state index contributed by atoms with van der Waals surface area (Å²) in [5.41, 5.74) is 1.87. The van der Waals surface area contributed by atoms with Crippen molar-refractivity contribution < 1.29 is 4.79 Å². The Balaban J connectivity index is 1.90. The molecule has 1 unspecified atom stereocenters. The fraction of sp³-hybridized carbons (Fsp3) is 0.533. The molecule has 1 aromatic carbocycles. The van der Waals surface area contributed by atoms with Crippen LogP contribution in [0.2, 0.25) is 0 Å². The van der Waals surface area contributed by atoms with Crippen LogP contribution in [0.1, 0.15) is 28.8 Å². The summed E-state index contributed by atoms with van der Waals surface area (Å²) in [5.74, 6) is 0.590. The predicted octanol–water partition coefficient (Wildman–Crippen LogP) is 2.83. The number of rotatable bonds is 3. The van der Waals surface area contributed by atoms with Crippen molar-refractivity contribution >= 4 is 21.8 Å². The molecule has 19 heavy (non-hydrogen) atoms. The van der Waals surface area contributed by atoms with Crippen molar-refractivity contribution in [3.8, 4) is 0 Å². The van der Waals surface area contributed by atoms with E-state index in [0.717, 1.165) is 28.7 Å². The summed E-state index contributed by atoms with van der Waals surface area (Å²) in [7, 11) is 2.14. The lowest BCUT2D eigenvalue weighted by Crippen LogP contribution is -2.39. The normalized spacial score (nSPS) is 20.3. The van der Waals surface area contributed by atoms with Gasteiger partial charge in [-0.05, 0) is 72.9 Å². The SMILES string of the molecule is Cc1ccc(C(=O)NCC2CCCN(C)C2)c(Br)c1. The van der Waals surface area contributed by atoms with E-state index in [0.29, 0.717) is 5.92 Å². The van der Waals surface area contributed by atoms with Gasteiger partial charge in [0.15, 0.2) is 0 Å². The molecule has 1 aliphatic heterocycles. The Bertz CT molecular complexity index is 461. The van der Waals surface area contributed by atoms with Crippen molar-refractivity contribution in [2.45, 2.75) is 19.8 Å². The van der Waals surface area contributed by atoms with Crippen LogP contribution >= 0.6 is 15.9 Å². The minimum Gasteiger partial charge on any atom is -0.352 e. The molecule has 1 atom stereocenters. The molecular weight excluding hydrogens is 304 g/mol. The van der Waals surface area contributed by atoms with Gasteiger partial charge in [0.05, 0.1) is 5.56 Å². The quantitative estimate of drug-likeness (QED) is 0.927. The number of amides is 1. The summed E-state index contributed by atoms with van der Waals surface area (Å²) in [5, 5.41) is 3.05. The molecule has 1 aromatic rings. The van der Waals surface area contributed by atoms with Crippen LogP contribution in [0.4, 0.5) is 0 Å². The lowest BCUT2D eigenvalue weighted by atomic mass is 9.98. The third-order valence-electron chi connectivity index (χ3n) is 3.64. The Morgan fingerprint density at radius 2 is 2.32 bits per heavy atom. The van der Waals surface area contributed by atoms with E-state index in [1.54, 1.807) is 0 Å². The van der Waals surface area contributed by atoms with Crippen molar-refractivity contribution in [2.75, 3.05) is 26.7 Å². The summed E-state index contributed by atoms with van der Waals surface area (Å²) in [6, 6.07) is 5.82. The third kappa shape index (κ3) is 4.05. The molecule has 1 fully saturated rings. The Morgan fingerprint density at radius 3 is 3.00 bits per heavy atom. The number of hydrogen-bond donors (Lipinski definition) is 1. The van der Waals surface area contributed by atoms with E-state index in [-0.39, 0.29) is 5.91 Å². The molecule has 1 N–H and O–H groups in total. The second-order valence-corrected chi connectivity index (χ2v) is 6.32. The maximum Gasteiger partial charge on any atom is 0.252 e. The van der Waals surface area contributed by atoms with Gasteiger partial charge >= 0.3 is 0 Å². The van der Waals surface area contributed by atoms with Gasteiger partial charge in [-0.2, -0.15) is 0 Å². The molecule has 1 saturated heterocycles. The maximum absolute atomic E-state index is 12.1. The molecule has 4 heteroatoms. The first-order valence-corrected chi connectivity index (χ1v) is 7.58. The summed E-state index contributed by atoms with van der Waals surface area (Å²) in [6.07, 6.45) is 2.44. The summed E-state index contributed by atoms with van der Waals surface area (Å²) in [6.45, 7) is 5.04. The Hall–Kier alpha value is -0.870. The fourth-order valence-electron chi connectivity index (χ4n) is 2.58. The van der Waals surface area contributed by atoms with Gasteiger partial charge in [-0.3, -0.25) is 4.79 Å². The largest absolute Gasteiger partial charge is 0.352 e. The zero-order chi connectivity index (χ0) is 13.8. The number of aryl methyl sites for hydroxylation is 1. The van der Waals surface area contributed by atoms with Crippen LogP contribution in [0, 0.1) is 12.8 Å². The molecular formula is C15H21BrN2O. The van der Waals surface area contributed by atoms with Gasteiger partial charge in [0.1, 0.15) is 0 Å². The van der Waals surface area contributed by atoms with E-state index < -0.39 is 0 Å². The van der Waals surface area contributed by atoms with Crippen LogP contribution in [-0.4, -0.2) is 37.5 Å². The molecule has 0 saturated carbocycles. The second kappa shape index (κ2) is 6.53. The lowest BCUT2D eigenvalue weighted by Gasteiger charge is -2.29. The van der Waals surface area contributed by atoms with Gasteiger partial charge in [0.25, 0.3) is 5.91 Å². The number of nitrogens with one attached hydrogen (secondary N) is 1. The van der Waals surface area contributed by atoms with Crippen molar-refractivity contribution in [1.82, 2.24) is 10.2 Å². The average Bonchev–Trinajstić information content (AvgIpc) is 2.36. The minimum atomic E-state index is 0.0140. The number of hydrogen-bond acceptors (Lipinski definition) is 2. The Morgan fingerprint density at radius 1 is 1.53 bits per heavy atom. The summed E-state index contributed by atoms with van der Waals surface area (Å²) < 4.78 is 0.866. The van der Waals surface area contributed by atoms with E-state index in [2.05, 4.69) is 33.2 Å². The predicted molar refractivity (Wildman–Crippen MR) is 81.4 cm³/mol. The molecule has 104 valence electrons. The second-order valence-electron chi connectivity index (χ2n) is 5.46. The van der Waals surface area contributed by atoms with Crippen LogP contribution in [0.3, 0.4) is 0 Å². The maximum atomic E-state index is 12.1. The highest BCUT2D eigenvalue weighted by Gasteiger charge is 2.18. The molecule has 0 aromatic heterocycles. The summed E-state index contributed by atoms with van der Waals surface area (Å²) in [4.78, 5) is 14.5.